The molecule has 0 aliphatic heterocycles. The van der Waals surface area contributed by atoms with Gasteiger partial charge in [-0.1, -0.05) is 18.2 Å². The van der Waals surface area contributed by atoms with E-state index in [0.29, 0.717) is 26.2 Å². The Kier molecular flexibility index (Phi) is 6.95. The van der Waals surface area contributed by atoms with E-state index in [4.69, 9.17) is 0 Å². The molecule has 3 nitrogen and oxygen atoms in total. The van der Waals surface area contributed by atoms with Crippen molar-refractivity contribution in [2.75, 3.05) is 13.1 Å². The van der Waals surface area contributed by atoms with E-state index >= 15 is 0 Å². The third-order valence-corrected chi connectivity index (χ3v) is 4.77. The van der Waals surface area contributed by atoms with Gasteiger partial charge in [-0.2, -0.15) is 0 Å². The quantitative estimate of drug-likeness (QED) is 0.684. The van der Waals surface area contributed by atoms with Crippen molar-refractivity contribution in [1.82, 2.24) is 10.2 Å². The van der Waals surface area contributed by atoms with Gasteiger partial charge >= 0.3 is 0 Å². The third-order valence-electron chi connectivity index (χ3n) is 3.17. The molecule has 0 unspecified atom stereocenters. The van der Waals surface area contributed by atoms with Crippen LogP contribution in [0.1, 0.15) is 10.4 Å². The number of hydrogen-bond acceptors (Lipinski definition) is 3. The highest BCUT2D eigenvalue weighted by Crippen LogP contribution is 2.23. The smallest absolute Gasteiger partial charge is 0.234 e. The van der Waals surface area contributed by atoms with Gasteiger partial charge in [0.05, 0.1) is 10.3 Å². The number of halogens is 2. The number of carbonyl (C=O) groups excluding carboxylic acids is 1. The molecule has 1 heterocycles. The zero-order valence-corrected chi connectivity index (χ0v) is 15.0. The van der Waals surface area contributed by atoms with Crippen LogP contribution in [-0.4, -0.2) is 23.9 Å². The van der Waals surface area contributed by atoms with Crippen molar-refractivity contribution < 1.29 is 9.18 Å². The van der Waals surface area contributed by atoms with E-state index < -0.39 is 0 Å². The van der Waals surface area contributed by atoms with Crippen molar-refractivity contribution >= 4 is 33.2 Å². The van der Waals surface area contributed by atoms with Gasteiger partial charge in [0, 0.05) is 24.5 Å². The van der Waals surface area contributed by atoms with E-state index in [2.05, 4.69) is 27.8 Å². The van der Waals surface area contributed by atoms with E-state index in [-0.39, 0.29) is 11.7 Å². The van der Waals surface area contributed by atoms with Crippen LogP contribution in [0.25, 0.3) is 0 Å². The lowest BCUT2D eigenvalue weighted by Crippen LogP contribution is -2.36. The summed E-state index contributed by atoms with van der Waals surface area (Å²) in [5.74, 6) is -0.342. The predicted molar refractivity (Wildman–Crippen MR) is 95.7 cm³/mol. The highest BCUT2D eigenvalue weighted by Gasteiger charge is 2.11. The molecule has 0 spiro atoms. The minimum Gasteiger partial charge on any atom is -0.351 e. The fraction of sp³-hybridized carbons (Fsp3) is 0.235. The van der Waals surface area contributed by atoms with Crippen LogP contribution < -0.4 is 5.32 Å². The summed E-state index contributed by atoms with van der Waals surface area (Å²) in [4.78, 5) is 15.3. The number of amides is 1. The van der Waals surface area contributed by atoms with Gasteiger partial charge in [0.25, 0.3) is 0 Å². The molecular weight excluding hydrogens is 379 g/mol. The lowest BCUT2D eigenvalue weighted by atomic mass is 10.2. The molecule has 0 atom stereocenters. The Balaban J connectivity index is 1.84. The first-order valence-electron chi connectivity index (χ1n) is 7.15. The average molecular weight is 397 g/mol. The Morgan fingerprint density at radius 3 is 2.65 bits per heavy atom. The number of hydrogen-bond donors (Lipinski definition) is 1. The minimum atomic E-state index is -0.278. The maximum absolute atomic E-state index is 12.8. The molecule has 1 N–H and O–H groups in total. The maximum Gasteiger partial charge on any atom is 0.234 e. The highest BCUT2D eigenvalue weighted by atomic mass is 79.9. The molecule has 0 aliphatic carbocycles. The van der Waals surface area contributed by atoms with Crippen molar-refractivity contribution in [3.63, 3.8) is 0 Å². The lowest BCUT2D eigenvalue weighted by Gasteiger charge is -2.19. The van der Waals surface area contributed by atoms with Crippen molar-refractivity contribution in [2.24, 2.45) is 0 Å². The van der Waals surface area contributed by atoms with Crippen LogP contribution >= 0.6 is 27.3 Å². The molecule has 122 valence electrons. The first-order chi connectivity index (χ1) is 11.1. The van der Waals surface area contributed by atoms with E-state index in [1.54, 1.807) is 29.5 Å². The Labute approximate surface area is 147 Å². The van der Waals surface area contributed by atoms with Gasteiger partial charge in [0.1, 0.15) is 5.82 Å². The number of nitrogens with one attached hydrogen (secondary N) is 1. The number of thiophene rings is 1. The number of nitrogens with zero attached hydrogens (tertiary/aromatic N) is 1. The van der Waals surface area contributed by atoms with Gasteiger partial charge in [-0.05, 0) is 45.8 Å². The summed E-state index contributed by atoms with van der Waals surface area (Å²) in [6, 6.07) is 10.2. The summed E-state index contributed by atoms with van der Waals surface area (Å²) in [5, 5.41) is 2.86. The summed E-state index contributed by atoms with van der Waals surface area (Å²) in [7, 11) is 0. The second-order valence-electron chi connectivity index (χ2n) is 5.07. The molecule has 1 aromatic carbocycles. The highest BCUT2D eigenvalue weighted by molar-refractivity contribution is 9.11. The zero-order chi connectivity index (χ0) is 16.7. The van der Waals surface area contributed by atoms with E-state index in [0.717, 1.165) is 9.35 Å². The molecule has 2 aromatic rings. The summed E-state index contributed by atoms with van der Waals surface area (Å²) >= 11 is 5.10. The largest absolute Gasteiger partial charge is 0.351 e. The van der Waals surface area contributed by atoms with Crippen LogP contribution in [0.2, 0.25) is 0 Å². The first-order valence-corrected chi connectivity index (χ1v) is 8.76. The van der Waals surface area contributed by atoms with Crippen LogP contribution in [0, 0.1) is 5.82 Å². The minimum absolute atomic E-state index is 0.0632. The van der Waals surface area contributed by atoms with E-state index in [1.807, 2.05) is 17.0 Å². The Morgan fingerprint density at radius 2 is 2.04 bits per heavy atom. The molecule has 0 saturated heterocycles. The summed E-state index contributed by atoms with van der Waals surface area (Å²) in [6.07, 6.45) is 1.79. The van der Waals surface area contributed by atoms with Crippen LogP contribution in [0.4, 0.5) is 4.39 Å². The molecular formula is C17H18BrFN2OS. The zero-order valence-electron chi connectivity index (χ0n) is 12.6. The number of rotatable bonds is 8. The molecule has 0 bridgehead atoms. The van der Waals surface area contributed by atoms with Crippen LogP contribution in [-0.2, 0) is 17.9 Å². The third kappa shape index (κ3) is 6.25. The molecule has 0 aliphatic rings. The molecule has 2 rings (SSSR count). The molecule has 0 fully saturated rings. The van der Waals surface area contributed by atoms with Crippen molar-refractivity contribution in [1.29, 1.82) is 0 Å². The molecule has 0 saturated carbocycles. The van der Waals surface area contributed by atoms with Crippen molar-refractivity contribution in [3.8, 4) is 0 Å². The number of carbonyl (C=O) groups is 1. The molecule has 1 aromatic heterocycles. The normalized spacial score (nSPS) is 10.7. The van der Waals surface area contributed by atoms with Crippen LogP contribution in [0.5, 0.6) is 0 Å². The molecule has 1 amide bonds. The first kappa shape index (κ1) is 17.8. The molecule has 23 heavy (non-hydrogen) atoms. The second kappa shape index (κ2) is 8.96. The monoisotopic (exact) mass is 396 g/mol. The Morgan fingerprint density at radius 1 is 1.30 bits per heavy atom. The SMILES string of the molecule is C=CCN(CC(=O)NCc1ccc(F)cc1)Cc1ccc(Br)s1. The van der Waals surface area contributed by atoms with Gasteiger partial charge in [-0.25, -0.2) is 4.39 Å². The number of benzene rings is 1. The van der Waals surface area contributed by atoms with Gasteiger partial charge in [-0.15, -0.1) is 17.9 Å². The van der Waals surface area contributed by atoms with Crippen LogP contribution in [0.15, 0.2) is 52.8 Å². The fourth-order valence-corrected chi connectivity index (χ4v) is 3.61. The average Bonchev–Trinajstić information content (AvgIpc) is 2.92. The second-order valence-corrected chi connectivity index (χ2v) is 7.61. The molecule has 0 radical (unpaired) electrons. The maximum atomic E-state index is 12.8. The standard InChI is InChI=1S/C17H18BrFN2OS/c1-2-9-21(11-15-7-8-16(18)23-15)12-17(22)20-10-13-3-5-14(19)6-4-13/h2-8H,1,9-12H2,(H,20,22). The predicted octanol–water partition coefficient (Wildman–Crippen LogP) is 3.95. The Bertz CT molecular complexity index is 657. The van der Waals surface area contributed by atoms with Gasteiger partial charge in [0.15, 0.2) is 0 Å². The van der Waals surface area contributed by atoms with Crippen LogP contribution in [0.3, 0.4) is 0 Å². The van der Waals surface area contributed by atoms with E-state index in [1.165, 1.54) is 17.0 Å². The van der Waals surface area contributed by atoms with Crippen molar-refractivity contribution in [2.45, 2.75) is 13.1 Å². The van der Waals surface area contributed by atoms with Crippen molar-refractivity contribution in [3.05, 3.63) is 69.1 Å². The lowest BCUT2D eigenvalue weighted by molar-refractivity contribution is -0.122. The summed E-state index contributed by atoms with van der Waals surface area (Å²) in [6.45, 7) is 5.77. The fourth-order valence-electron chi connectivity index (χ4n) is 2.09. The topological polar surface area (TPSA) is 32.3 Å². The van der Waals surface area contributed by atoms with Gasteiger partial charge < -0.3 is 5.32 Å². The van der Waals surface area contributed by atoms with Gasteiger partial charge in [0.2, 0.25) is 5.91 Å². The summed E-state index contributed by atoms with van der Waals surface area (Å²) < 4.78 is 13.9. The van der Waals surface area contributed by atoms with Gasteiger partial charge in [-0.3, -0.25) is 9.69 Å². The molecule has 6 heteroatoms. The van der Waals surface area contributed by atoms with E-state index in [9.17, 15) is 9.18 Å². The Hall–Kier alpha value is -1.50. The summed E-state index contributed by atoms with van der Waals surface area (Å²) in [5.41, 5.74) is 0.872.